The van der Waals surface area contributed by atoms with Crippen LogP contribution < -0.4 is 11.2 Å². The van der Waals surface area contributed by atoms with Gasteiger partial charge in [-0.1, -0.05) is 0 Å². The normalized spacial score (nSPS) is 10.6. The number of nitrogen functional groups attached to an aromatic ring is 1. The molecule has 2 aromatic rings. The Morgan fingerprint density at radius 2 is 1.80 bits per heavy atom. The van der Waals surface area contributed by atoms with E-state index in [2.05, 4.69) is 10.5 Å². The highest BCUT2D eigenvalue weighted by molar-refractivity contribution is 5.95. The molecule has 0 spiro atoms. The van der Waals surface area contributed by atoms with E-state index in [0.29, 0.717) is 16.8 Å². The number of hydrogen-bond acceptors (Lipinski definition) is 5. The van der Waals surface area contributed by atoms with E-state index in [4.69, 9.17) is 10.8 Å². The topological polar surface area (TPSA) is 108 Å². The first-order chi connectivity index (χ1) is 9.56. The summed E-state index contributed by atoms with van der Waals surface area (Å²) >= 11 is 0. The maximum Gasteiger partial charge on any atom is 0.271 e. The molecule has 0 aliphatic carbocycles. The van der Waals surface area contributed by atoms with Crippen LogP contribution in [0.15, 0.2) is 47.6 Å². The molecule has 0 unspecified atom stereocenters. The van der Waals surface area contributed by atoms with Crippen molar-refractivity contribution in [1.82, 2.24) is 5.43 Å². The SMILES string of the molecule is Nc1ccc(C(=O)N/N=C/c2ccc(O)c(O)c2)cc1. The van der Waals surface area contributed by atoms with Crippen LogP contribution in [0, 0.1) is 0 Å². The minimum Gasteiger partial charge on any atom is -0.504 e. The summed E-state index contributed by atoms with van der Waals surface area (Å²) < 4.78 is 0. The number of benzene rings is 2. The number of carbonyl (C=O) groups excluding carboxylic acids is 1. The molecule has 0 fully saturated rings. The van der Waals surface area contributed by atoms with E-state index in [9.17, 15) is 9.90 Å². The van der Waals surface area contributed by atoms with Crippen LogP contribution in [0.2, 0.25) is 0 Å². The number of aromatic hydroxyl groups is 2. The van der Waals surface area contributed by atoms with E-state index in [1.807, 2.05) is 0 Å². The highest BCUT2D eigenvalue weighted by Crippen LogP contribution is 2.23. The van der Waals surface area contributed by atoms with E-state index >= 15 is 0 Å². The number of nitrogens with two attached hydrogens (primary N) is 1. The van der Waals surface area contributed by atoms with Gasteiger partial charge in [0.1, 0.15) is 0 Å². The number of rotatable bonds is 3. The van der Waals surface area contributed by atoms with Crippen molar-refractivity contribution >= 4 is 17.8 Å². The van der Waals surface area contributed by atoms with Crippen molar-refractivity contribution in [3.8, 4) is 11.5 Å². The molecule has 2 rings (SSSR count). The van der Waals surface area contributed by atoms with Crippen molar-refractivity contribution in [3.05, 3.63) is 53.6 Å². The predicted molar refractivity (Wildman–Crippen MR) is 75.7 cm³/mol. The lowest BCUT2D eigenvalue weighted by atomic mass is 10.2. The number of nitrogens with one attached hydrogen (secondary N) is 1. The Balaban J connectivity index is 2.00. The van der Waals surface area contributed by atoms with Crippen LogP contribution in [0.25, 0.3) is 0 Å². The molecular weight excluding hydrogens is 258 g/mol. The average Bonchev–Trinajstić information content (AvgIpc) is 2.43. The van der Waals surface area contributed by atoms with Crippen LogP contribution in [-0.2, 0) is 0 Å². The lowest BCUT2D eigenvalue weighted by Crippen LogP contribution is -2.17. The Morgan fingerprint density at radius 3 is 2.45 bits per heavy atom. The fourth-order valence-corrected chi connectivity index (χ4v) is 1.49. The first-order valence-electron chi connectivity index (χ1n) is 5.77. The monoisotopic (exact) mass is 271 g/mol. The van der Waals surface area contributed by atoms with Gasteiger partial charge >= 0.3 is 0 Å². The minimum absolute atomic E-state index is 0.215. The van der Waals surface area contributed by atoms with E-state index in [1.165, 1.54) is 18.3 Å². The first-order valence-corrected chi connectivity index (χ1v) is 5.77. The number of phenols is 2. The first kappa shape index (κ1) is 13.4. The van der Waals surface area contributed by atoms with Gasteiger partial charge in [-0.3, -0.25) is 4.79 Å². The fourth-order valence-electron chi connectivity index (χ4n) is 1.49. The van der Waals surface area contributed by atoms with E-state index < -0.39 is 0 Å². The van der Waals surface area contributed by atoms with Crippen LogP contribution in [0.3, 0.4) is 0 Å². The summed E-state index contributed by atoms with van der Waals surface area (Å²) in [6.07, 6.45) is 1.36. The summed E-state index contributed by atoms with van der Waals surface area (Å²) in [5, 5.41) is 22.2. The van der Waals surface area contributed by atoms with E-state index in [1.54, 1.807) is 30.3 Å². The molecule has 0 saturated heterocycles. The molecule has 0 bridgehead atoms. The summed E-state index contributed by atoms with van der Waals surface area (Å²) in [5.74, 6) is -0.837. The molecular formula is C14H13N3O3. The van der Waals surface area contributed by atoms with Crippen molar-refractivity contribution in [3.63, 3.8) is 0 Å². The van der Waals surface area contributed by atoms with E-state index in [0.717, 1.165) is 0 Å². The zero-order chi connectivity index (χ0) is 14.5. The van der Waals surface area contributed by atoms with Crippen molar-refractivity contribution in [2.75, 3.05) is 5.73 Å². The number of hydrogen-bond donors (Lipinski definition) is 4. The second kappa shape index (κ2) is 5.75. The average molecular weight is 271 g/mol. The number of anilines is 1. The second-order valence-corrected chi connectivity index (χ2v) is 4.07. The van der Waals surface area contributed by atoms with E-state index in [-0.39, 0.29) is 17.4 Å². The molecule has 0 aliphatic rings. The molecule has 6 nitrogen and oxygen atoms in total. The molecule has 1 amide bonds. The van der Waals surface area contributed by atoms with Gasteiger partial charge in [0, 0.05) is 11.3 Å². The Bertz CT molecular complexity index is 651. The van der Waals surface area contributed by atoms with Crippen LogP contribution in [-0.4, -0.2) is 22.3 Å². The standard InChI is InChI=1S/C14H13N3O3/c15-11-4-2-10(3-5-11)14(20)17-16-8-9-1-6-12(18)13(19)7-9/h1-8,18-19H,15H2,(H,17,20)/b16-8+. The highest BCUT2D eigenvalue weighted by Gasteiger charge is 2.03. The molecule has 0 aromatic heterocycles. The van der Waals surface area contributed by atoms with Crippen molar-refractivity contribution < 1.29 is 15.0 Å². The molecule has 5 N–H and O–H groups in total. The summed E-state index contributed by atoms with van der Waals surface area (Å²) in [7, 11) is 0. The number of hydrazone groups is 1. The molecule has 0 atom stereocenters. The summed E-state index contributed by atoms with van der Waals surface area (Å²) in [5.41, 5.74) is 9.42. The van der Waals surface area contributed by atoms with Gasteiger partial charge in [-0.2, -0.15) is 5.10 Å². The van der Waals surface area contributed by atoms with Crippen LogP contribution in [0.1, 0.15) is 15.9 Å². The number of amides is 1. The zero-order valence-electron chi connectivity index (χ0n) is 10.4. The minimum atomic E-state index is -0.371. The number of phenolic OH excluding ortho intramolecular Hbond substituents is 2. The molecule has 102 valence electrons. The van der Waals surface area contributed by atoms with Gasteiger partial charge in [0.2, 0.25) is 0 Å². The summed E-state index contributed by atoms with van der Waals surface area (Å²) in [6.45, 7) is 0. The summed E-state index contributed by atoms with van der Waals surface area (Å²) in [4.78, 5) is 11.7. The van der Waals surface area contributed by atoms with Gasteiger partial charge in [-0.05, 0) is 48.0 Å². The quantitative estimate of drug-likeness (QED) is 0.293. The Labute approximate surface area is 115 Å². The molecule has 0 radical (unpaired) electrons. The molecule has 2 aromatic carbocycles. The van der Waals surface area contributed by atoms with Gasteiger partial charge in [0.05, 0.1) is 6.21 Å². The Kier molecular flexibility index (Phi) is 3.85. The predicted octanol–water partition coefficient (Wildman–Crippen LogP) is 1.44. The largest absolute Gasteiger partial charge is 0.504 e. The van der Waals surface area contributed by atoms with Gasteiger partial charge in [-0.15, -0.1) is 0 Å². The Morgan fingerprint density at radius 1 is 1.10 bits per heavy atom. The van der Waals surface area contributed by atoms with Crippen molar-refractivity contribution in [2.45, 2.75) is 0 Å². The van der Waals surface area contributed by atoms with Gasteiger partial charge in [0.25, 0.3) is 5.91 Å². The second-order valence-electron chi connectivity index (χ2n) is 4.07. The third-order valence-electron chi connectivity index (χ3n) is 2.55. The van der Waals surface area contributed by atoms with Crippen molar-refractivity contribution in [2.24, 2.45) is 5.10 Å². The smallest absolute Gasteiger partial charge is 0.271 e. The third-order valence-corrected chi connectivity index (χ3v) is 2.55. The maximum atomic E-state index is 11.7. The van der Waals surface area contributed by atoms with Gasteiger partial charge < -0.3 is 15.9 Å². The van der Waals surface area contributed by atoms with Gasteiger partial charge in [-0.25, -0.2) is 5.43 Å². The Hall–Kier alpha value is -3.02. The highest BCUT2D eigenvalue weighted by atomic mass is 16.3. The van der Waals surface area contributed by atoms with Crippen LogP contribution in [0.5, 0.6) is 11.5 Å². The van der Waals surface area contributed by atoms with Crippen molar-refractivity contribution in [1.29, 1.82) is 0 Å². The lowest BCUT2D eigenvalue weighted by Gasteiger charge is -2.01. The summed E-state index contributed by atoms with van der Waals surface area (Å²) in [6, 6.07) is 10.6. The van der Waals surface area contributed by atoms with Gasteiger partial charge in [0.15, 0.2) is 11.5 Å². The third kappa shape index (κ3) is 3.26. The van der Waals surface area contributed by atoms with Crippen LogP contribution in [0.4, 0.5) is 5.69 Å². The molecule has 0 heterocycles. The molecule has 0 saturated carbocycles. The molecule has 6 heteroatoms. The number of carbonyl (C=O) groups is 1. The maximum absolute atomic E-state index is 11.7. The number of nitrogens with zero attached hydrogens (tertiary/aromatic N) is 1. The fraction of sp³-hybridized carbons (Fsp3) is 0. The lowest BCUT2D eigenvalue weighted by molar-refractivity contribution is 0.0955. The molecule has 0 aliphatic heterocycles. The zero-order valence-corrected chi connectivity index (χ0v) is 10.4. The van der Waals surface area contributed by atoms with Crippen LogP contribution >= 0.6 is 0 Å². The molecule has 20 heavy (non-hydrogen) atoms.